The van der Waals surface area contributed by atoms with E-state index in [-0.39, 0.29) is 35.5 Å². The Balaban J connectivity index is 1.35. The minimum Gasteiger partial charge on any atom is -0.487 e. The molecule has 2 bridgehead atoms. The third-order valence-corrected chi connectivity index (χ3v) is 11.7. The Morgan fingerprint density at radius 1 is 1.06 bits per heavy atom. The smallest absolute Gasteiger partial charge is 0.410 e. The van der Waals surface area contributed by atoms with Crippen molar-refractivity contribution in [2.24, 2.45) is 11.8 Å². The van der Waals surface area contributed by atoms with E-state index in [0.29, 0.717) is 55.8 Å². The van der Waals surface area contributed by atoms with Crippen LogP contribution in [0.1, 0.15) is 57.6 Å². The van der Waals surface area contributed by atoms with E-state index in [2.05, 4.69) is 14.9 Å². The molecule has 2 aromatic rings. The number of anilines is 1. The Kier molecular flexibility index (Phi) is 10.8. The Bertz CT molecular complexity index is 1680. The molecule has 4 aliphatic rings. The van der Waals surface area contributed by atoms with Crippen LogP contribution in [0.4, 0.5) is 10.5 Å². The van der Waals surface area contributed by atoms with Crippen LogP contribution in [0.3, 0.4) is 0 Å². The van der Waals surface area contributed by atoms with Crippen molar-refractivity contribution in [3.05, 3.63) is 64.7 Å². The molecule has 3 heterocycles. The molecule has 13 heteroatoms. The topological polar surface area (TPSA) is 127 Å². The predicted octanol–water partition coefficient (Wildman–Crippen LogP) is 5.06. The minimum absolute atomic E-state index is 0.0342. The van der Waals surface area contributed by atoms with E-state index in [9.17, 15) is 18.0 Å². The molecule has 6 rings (SSSR count). The molecule has 11 nitrogen and oxygen atoms in total. The first-order chi connectivity index (χ1) is 23.4. The summed E-state index contributed by atoms with van der Waals surface area (Å²) in [5, 5.41) is 4.04. The second kappa shape index (κ2) is 14.9. The zero-order chi connectivity index (χ0) is 34.8. The van der Waals surface area contributed by atoms with Gasteiger partial charge in [0.2, 0.25) is 0 Å². The fourth-order valence-electron chi connectivity index (χ4n) is 7.00. The zero-order valence-corrected chi connectivity index (χ0v) is 30.0. The van der Waals surface area contributed by atoms with Gasteiger partial charge in [0, 0.05) is 49.7 Å². The number of carbonyl (C=O) groups is 2. The number of nitrogens with zero attached hydrogens (tertiary/aromatic N) is 2. The number of benzene rings is 2. The number of fused-ring (bicyclic) bond motifs is 3. The van der Waals surface area contributed by atoms with E-state index in [1.54, 1.807) is 23.1 Å². The average Bonchev–Trinajstić information content (AvgIpc) is 3.07. The molecule has 1 saturated heterocycles. The largest absolute Gasteiger partial charge is 0.487 e. The Morgan fingerprint density at radius 3 is 2.67 bits per heavy atom. The third kappa shape index (κ3) is 8.36. The number of carbonyl (C=O) groups excluding carboxylic acids is 2. The van der Waals surface area contributed by atoms with Gasteiger partial charge in [-0.1, -0.05) is 23.7 Å². The molecule has 49 heavy (non-hydrogen) atoms. The van der Waals surface area contributed by atoms with Crippen molar-refractivity contribution in [1.82, 2.24) is 14.9 Å². The second-order valence-electron chi connectivity index (χ2n) is 14.1. The first-order valence-corrected chi connectivity index (χ1v) is 19.1. The summed E-state index contributed by atoms with van der Waals surface area (Å²) in [6.07, 6.45) is 7.20. The summed E-state index contributed by atoms with van der Waals surface area (Å²) >= 11 is 6.35. The minimum atomic E-state index is -4.24. The lowest BCUT2D eigenvalue weighted by atomic mass is 9.70. The highest BCUT2D eigenvalue weighted by molar-refractivity contribution is 7.90. The van der Waals surface area contributed by atoms with Crippen LogP contribution < -0.4 is 19.7 Å². The summed E-state index contributed by atoms with van der Waals surface area (Å²) in [6, 6.07) is 10.7. The van der Waals surface area contributed by atoms with E-state index in [1.165, 1.54) is 19.9 Å². The Hall–Kier alpha value is -3.32. The lowest BCUT2D eigenvalue weighted by Gasteiger charge is -2.44. The first-order valence-electron chi connectivity index (χ1n) is 17.3. The summed E-state index contributed by atoms with van der Waals surface area (Å²) in [4.78, 5) is 30.6. The zero-order valence-electron chi connectivity index (χ0n) is 28.5. The van der Waals surface area contributed by atoms with E-state index in [1.807, 2.05) is 31.2 Å². The molecular formula is C36H47ClN4O7S. The number of sulfonamides is 1. The lowest BCUT2D eigenvalue weighted by molar-refractivity contribution is -0.139. The molecule has 0 aromatic heterocycles. The van der Waals surface area contributed by atoms with Crippen molar-refractivity contribution in [1.29, 1.82) is 0 Å². The summed E-state index contributed by atoms with van der Waals surface area (Å²) < 4.78 is 47.9. The molecular weight excluding hydrogens is 668 g/mol. The fraction of sp³-hybridized carbons (Fsp3) is 0.556. The normalized spacial score (nSPS) is 27.9. The van der Waals surface area contributed by atoms with Crippen LogP contribution in [0.2, 0.25) is 5.02 Å². The number of halogens is 1. The summed E-state index contributed by atoms with van der Waals surface area (Å²) in [6.45, 7) is 8.55. The average molecular weight is 715 g/mol. The number of hydrogen-bond donors (Lipinski definition) is 2. The van der Waals surface area contributed by atoms with Gasteiger partial charge in [-0.3, -0.25) is 4.79 Å². The van der Waals surface area contributed by atoms with Gasteiger partial charge in [0.1, 0.15) is 24.1 Å². The maximum absolute atomic E-state index is 13.6. The van der Waals surface area contributed by atoms with Gasteiger partial charge in [-0.05, 0) is 106 Å². The van der Waals surface area contributed by atoms with Crippen LogP contribution in [-0.2, 0) is 37.3 Å². The van der Waals surface area contributed by atoms with Crippen LogP contribution in [0, 0.1) is 11.8 Å². The van der Waals surface area contributed by atoms with Gasteiger partial charge >= 0.3 is 6.09 Å². The lowest BCUT2D eigenvalue weighted by Crippen LogP contribution is -2.53. The number of ether oxygens (including phenoxy) is 3. The Morgan fingerprint density at radius 2 is 1.90 bits per heavy atom. The third-order valence-electron chi connectivity index (χ3n) is 10.1. The SMILES string of the molecule is C[C@H]1CN(C(=O)O[C@H]2/C=C/COC(C)(C)C(=O)NS(=O)(=O)c3ccc4c(c3)N(CCCCc3cc(Cl)ccc3CO4)C[C@@H]3CC[C@H]32)CCN1. The highest BCUT2D eigenvalue weighted by atomic mass is 35.5. The van der Waals surface area contributed by atoms with Crippen LogP contribution in [0.15, 0.2) is 53.4 Å². The standard InChI is InChI=1S/C36H47ClN4O7S/c1-24-21-41(17-15-38-24)35(43)48-32-8-6-18-47-36(2,3)34(42)39-49(44,45)29-12-14-33-31(20-29)40(22-26-10-13-30(26)32)16-5-4-7-25-19-28(37)11-9-27(25)23-46-33/h6,8-9,11-12,14,19-20,24,26,30,32,38H,4-5,7,10,13,15-18,21-23H2,1-3H3,(H,39,42)/b8-6+/t24-,26-,30+,32-/m0/s1. The van der Waals surface area contributed by atoms with E-state index in [4.69, 9.17) is 25.8 Å². The van der Waals surface area contributed by atoms with Crippen molar-refractivity contribution in [3.63, 3.8) is 0 Å². The maximum Gasteiger partial charge on any atom is 0.410 e. The van der Waals surface area contributed by atoms with Crippen molar-refractivity contribution in [3.8, 4) is 5.75 Å². The number of rotatable bonds is 1. The number of nitrogens with one attached hydrogen (secondary N) is 2. The number of aryl methyl sites for hydroxylation is 1. The van der Waals surface area contributed by atoms with Gasteiger partial charge in [-0.15, -0.1) is 0 Å². The van der Waals surface area contributed by atoms with Gasteiger partial charge in [0.15, 0.2) is 0 Å². The predicted molar refractivity (Wildman–Crippen MR) is 187 cm³/mol. The van der Waals surface area contributed by atoms with Gasteiger partial charge < -0.3 is 29.3 Å². The number of piperazine rings is 1. The molecule has 266 valence electrons. The van der Waals surface area contributed by atoms with E-state index >= 15 is 0 Å². The molecule has 0 spiro atoms. The van der Waals surface area contributed by atoms with Crippen LogP contribution in [0.25, 0.3) is 0 Å². The molecule has 0 radical (unpaired) electrons. The first kappa shape index (κ1) is 35.5. The molecule has 2 aromatic carbocycles. The van der Waals surface area contributed by atoms with Crippen molar-refractivity contribution in [2.45, 2.75) is 82.1 Å². The highest BCUT2D eigenvalue weighted by Crippen LogP contribution is 2.42. The van der Waals surface area contributed by atoms with Gasteiger partial charge in [-0.2, -0.15) is 0 Å². The monoisotopic (exact) mass is 714 g/mol. The molecule has 2 N–H and O–H groups in total. The molecule has 3 aliphatic heterocycles. The van der Waals surface area contributed by atoms with Crippen molar-refractivity contribution in [2.75, 3.05) is 44.2 Å². The summed E-state index contributed by atoms with van der Waals surface area (Å²) in [7, 11) is -4.24. The molecule has 2 amide bonds. The Labute approximate surface area is 294 Å². The van der Waals surface area contributed by atoms with Crippen molar-refractivity contribution < 1.29 is 32.2 Å². The highest BCUT2D eigenvalue weighted by Gasteiger charge is 2.41. The van der Waals surface area contributed by atoms with Gasteiger partial charge in [0.25, 0.3) is 15.9 Å². The second-order valence-corrected chi connectivity index (χ2v) is 16.2. The van der Waals surface area contributed by atoms with Crippen molar-refractivity contribution >= 4 is 39.3 Å². The van der Waals surface area contributed by atoms with Crippen LogP contribution in [0.5, 0.6) is 5.75 Å². The maximum atomic E-state index is 13.6. The molecule has 4 atom stereocenters. The number of hydrogen-bond acceptors (Lipinski definition) is 9. The van der Waals surface area contributed by atoms with Crippen LogP contribution in [-0.4, -0.2) is 82.4 Å². The van der Waals surface area contributed by atoms with Crippen LogP contribution >= 0.6 is 11.6 Å². The molecule has 0 unspecified atom stereocenters. The summed E-state index contributed by atoms with van der Waals surface area (Å²) in [5.74, 6) is -0.0265. The summed E-state index contributed by atoms with van der Waals surface area (Å²) in [5.41, 5.74) is 1.34. The molecule has 2 fully saturated rings. The fourth-order valence-corrected chi connectivity index (χ4v) is 8.31. The molecule has 1 saturated carbocycles. The van der Waals surface area contributed by atoms with Gasteiger partial charge in [-0.25, -0.2) is 17.9 Å². The van der Waals surface area contributed by atoms with Gasteiger partial charge in [0.05, 0.1) is 17.2 Å². The van der Waals surface area contributed by atoms with E-state index in [0.717, 1.165) is 43.2 Å². The van der Waals surface area contributed by atoms with E-state index < -0.39 is 27.6 Å². The number of amides is 2. The quantitative estimate of drug-likeness (QED) is 0.390. The molecule has 1 aliphatic carbocycles.